The minimum atomic E-state index is -0.366. The van der Waals surface area contributed by atoms with Crippen molar-refractivity contribution in [3.63, 3.8) is 0 Å². The maximum absolute atomic E-state index is 12.4. The molecule has 7 heteroatoms. The van der Waals surface area contributed by atoms with Gasteiger partial charge in [0.2, 0.25) is 0 Å². The standard InChI is InChI=1S/C11H12N6O/c1-7(12)10-14-8-3-2-6-16(8)11(18)17(10)9-4-5-13-15-9/h2-7H,12H2,1H3,(H,13,15)/t7-/m0/s1. The van der Waals surface area contributed by atoms with Crippen LogP contribution >= 0.6 is 0 Å². The van der Waals surface area contributed by atoms with Crippen molar-refractivity contribution in [2.75, 3.05) is 0 Å². The molecule has 18 heavy (non-hydrogen) atoms. The Labute approximate surface area is 102 Å². The lowest BCUT2D eigenvalue weighted by molar-refractivity contribution is 0.659. The maximum atomic E-state index is 12.4. The molecule has 3 aromatic heterocycles. The zero-order chi connectivity index (χ0) is 12.7. The van der Waals surface area contributed by atoms with Crippen LogP contribution in [0, 0.1) is 0 Å². The van der Waals surface area contributed by atoms with Gasteiger partial charge in [0.05, 0.1) is 6.04 Å². The van der Waals surface area contributed by atoms with Gasteiger partial charge in [0.1, 0.15) is 11.5 Å². The highest BCUT2D eigenvalue weighted by atomic mass is 16.1. The maximum Gasteiger partial charge on any atom is 0.341 e. The van der Waals surface area contributed by atoms with Gasteiger partial charge < -0.3 is 5.73 Å². The molecule has 3 aromatic rings. The summed E-state index contributed by atoms with van der Waals surface area (Å²) in [6.45, 7) is 1.78. The van der Waals surface area contributed by atoms with Crippen LogP contribution in [0.2, 0.25) is 0 Å². The van der Waals surface area contributed by atoms with Crippen molar-refractivity contribution >= 4 is 5.65 Å². The number of H-pyrrole nitrogens is 1. The molecule has 0 saturated carbocycles. The van der Waals surface area contributed by atoms with Crippen LogP contribution in [0.3, 0.4) is 0 Å². The van der Waals surface area contributed by atoms with Gasteiger partial charge in [-0.1, -0.05) is 0 Å². The smallest absolute Gasteiger partial charge is 0.322 e. The van der Waals surface area contributed by atoms with Gasteiger partial charge >= 0.3 is 5.69 Å². The normalized spacial score (nSPS) is 13.0. The first-order valence-electron chi connectivity index (χ1n) is 5.54. The number of aromatic nitrogens is 5. The second kappa shape index (κ2) is 3.81. The number of fused-ring (bicyclic) bond motifs is 1. The third kappa shape index (κ3) is 1.45. The van der Waals surface area contributed by atoms with Gasteiger partial charge in [0, 0.05) is 18.5 Å². The van der Waals surface area contributed by atoms with E-state index < -0.39 is 0 Å². The number of aromatic amines is 1. The van der Waals surface area contributed by atoms with Gasteiger partial charge in [-0.2, -0.15) is 5.10 Å². The monoisotopic (exact) mass is 244 g/mol. The Balaban J connectivity index is 2.43. The van der Waals surface area contributed by atoms with Crippen molar-refractivity contribution < 1.29 is 0 Å². The summed E-state index contributed by atoms with van der Waals surface area (Å²) in [6, 6.07) is 4.87. The second-order valence-electron chi connectivity index (χ2n) is 4.05. The molecule has 0 spiro atoms. The molecule has 0 aliphatic heterocycles. The van der Waals surface area contributed by atoms with Crippen molar-refractivity contribution in [3.05, 3.63) is 46.9 Å². The van der Waals surface area contributed by atoms with Crippen molar-refractivity contribution in [1.29, 1.82) is 0 Å². The Morgan fingerprint density at radius 2 is 2.28 bits per heavy atom. The quantitative estimate of drug-likeness (QED) is 0.674. The summed E-state index contributed by atoms with van der Waals surface area (Å²) in [7, 11) is 0. The summed E-state index contributed by atoms with van der Waals surface area (Å²) < 4.78 is 2.87. The summed E-state index contributed by atoms with van der Waals surface area (Å²) in [6.07, 6.45) is 3.31. The summed E-state index contributed by atoms with van der Waals surface area (Å²) in [5.74, 6) is 0.966. The van der Waals surface area contributed by atoms with E-state index in [9.17, 15) is 4.79 Å². The molecule has 0 amide bonds. The van der Waals surface area contributed by atoms with E-state index in [2.05, 4.69) is 15.2 Å². The molecule has 0 fully saturated rings. The molecule has 92 valence electrons. The predicted octanol–water partition coefficient (Wildman–Crippen LogP) is 0.228. The van der Waals surface area contributed by atoms with Gasteiger partial charge in [-0.05, 0) is 19.1 Å². The number of nitrogens with zero attached hydrogens (tertiary/aromatic N) is 4. The van der Waals surface area contributed by atoms with Crippen LogP contribution < -0.4 is 11.4 Å². The molecule has 0 saturated heterocycles. The lowest BCUT2D eigenvalue weighted by Gasteiger charge is -2.12. The largest absolute Gasteiger partial charge is 0.341 e. The molecule has 3 N–H and O–H groups in total. The molecule has 0 radical (unpaired) electrons. The van der Waals surface area contributed by atoms with Gasteiger partial charge in [-0.3, -0.25) is 9.50 Å². The molecule has 0 aromatic carbocycles. The summed E-state index contributed by atoms with van der Waals surface area (Å²) >= 11 is 0. The van der Waals surface area contributed by atoms with Crippen LogP contribution in [0.4, 0.5) is 0 Å². The van der Waals surface area contributed by atoms with Crippen molar-refractivity contribution in [2.24, 2.45) is 5.73 Å². The highest BCUT2D eigenvalue weighted by molar-refractivity contribution is 5.39. The van der Waals surface area contributed by atoms with E-state index in [0.29, 0.717) is 17.3 Å². The third-order valence-corrected chi connectivity index (χ3v) is 2.71. The summed E-state index contributed by atoms with van der Waals surface area (Å²) in [4.78, 5) is 16.8. The zero-order valence-corrected chi connectivity index (χ0v) is 9.74. The number of hydrogen-bond acceptors (Lipinski definition) is 4. The van der Waals surface area contributed by atoms with Crippen LogP contribution in [-0.2, 0) is 0 Å². The predicted molar refractivity (Wildman–Crippen MR) is 65.5 cm³/mol. The molecular weight excluding hydrogens is 232 g/mol. The fourth-order valence-corrected chi connectivity index (χ4v) is 1.90. The van der Waals surface area contributed by atoms with E-state index in [1.165, 1.54) is 8.97 Å². The van der Waals surface area contributed by atoms with Crippen molar-refractivity contribution in [2.45, 2.75) is 13.0 Å². The van der Waals surface area contributed by atoms with Gasteiger partial charge in [-0.25, -0.2) is 14.3 Å². The molecule has 1 atom stereocenters. The number of hydrogen-bond donors (Lipinski definition) is 2. The van der Waals surface area contributed by atoms with Crippen LogP contribution in [0.15, 0.2) is 35.4 Å². The Kier molecular flexibility index (Phi) is 2.27. The van der Waals surface area contributed by atoms with Crippen LogP contribution in [0.25, 0.3) is 11.5 Å². The highest BCUT2D eigenvalue weighted by Crippen LogP contribution is 2.11. The minimum absolute atomic E-state index is 0.232. The lowest BCUT2D eigenvalue weighted by atomic mass is 10.3. The molecule has 0 aliphatic carbocycles. The Bertz CT molecular complexity index is 737. The van der Waals surface area contributed by atoms with Crippen LogP contribution in [-0.4, -0.2) is 24.1 Å². The molecule has 0 bridgehead atoms. The average Bonchev–Trinajstić information content (AvgIpc) is 2.98. The van der Waals surface area contributed by atoms with Gasteiger partial charge in [0.25, 0.3) is 0 Å². The van der Waals surface area contributed by atoms with Gasteiger partial charge in [0.15, 0.2) is 5.82 Å². The average molecular weight is 244 g/mol. The molecule has 0 aliphatic rings. The fraction of sp³-hybridized carbons (Fsp3) is 0.182. The first-order chi connectivity index (χ1) is 8.68. The third-order valence-electron chi connectivity index (χ3n) is 2.71. The minimum Gasteiger partial charge on any atom is -0.322 e. The van der Waals surface area contributed by atoms with Crippen LogP contribution in [0.5, 0.6) is 0 Å². The van der Waals surface area contributed by atoms with E-state index in [1.54, 1.807) is 37.5 Å². The Hall–Kier alpha value is -2.41. The van der Waals surface area contributed by atoms with E-state index >= 15 is 0 Å². The first kappa shape index (κ1) is 10.7. The number of rotatable bonds is 2. The zero-order valence-electron chi connectivity index (χ0n) is 9.74. The van der Waals surface area contributed by atoms with Crippen LogP contribution in [0.1, 0.15) is 18.8 Å². The molecule has 3 rings (SSSR count). The van der Waals surface area contributed by atoms with E-state index in [1.807, 2.05) is 0 Å². The summed E-state index contributed by atoms with van der Waals surface area (Å²) in [5.41, 5.74) is 6.23. The fourth-order valence-electron chi connectivity index (χ4n) is 1.90. The first-order valence-corrected chi connectivity index (χ1v) is 5.54. The van der Waals surface area contributed by atoms with E-state index in [0.717, 1.165) is 0 Å². The van der Waals surface area contributed by atoms with E-state index in [-0.39, 0.29) is 11.7 Å². The number of nitrogens with two attached hydrogens (primary N) is 1. The second-order valence-corrected chi connectivity index (χ2v) is 4.05. The SMILES string of the molecule is C[C@H](N)c1nc2cccn2c(=O)n1-c1cc[nH]n1. The molecular formula is C11H12N6O. The Morgan fingerprint density at radius 3 is 2.94 bits per heavy atom. The van der Waals surface area contributed by atoms with E-state index in [4.69, 9.17) is 5.73 Å². The lowest BCUT2D eigenvalue weighted by Crippen LogP contribution is -2.31. The molecule has 7 nitrogen and oxygen atoms in total. The topological polar surface area (TPSA) is 94.0 Å². The highest BCUT2D eigenvalue weighted by Gasteiger charge is 2.16. The molecule has 0 unspecified atom stereocenters. The van der Waals surface area contributed by atoms with Gasteiger partial charge in [-0.15, -0.1) is 0 Å². The summed E-state index contributed by atoms with van der Waals surface area (Å²) in [5, 5.41) is 6.69. The number of nitrogens with one attached hydrogen (secondary N) is 1. The molecule has 3 heterocycles. The van der Waals surface area contributed by atoms with Crippen molar-refractivity contribution in [3.8, 4) is 5.82 Å². The Morgan fingerprint density at radius 1 is 1.44 bits per heavy atom. The van der Waals surface area contributed by atoms with Crippen molar-refractivity contribution in [1.82, 2.24) is 24.1 Å².